The lowest BCUT2D eigenvalue weighted by Gasteiger charge is -2.13. The maximum absolute atomic E-state index is 12.4. The highest BCUT2D eigenvalue weighted by atomic mass is 79.9. The standard InChI is InChI=1S/C14H13BrN4O/c1-9(10-6-4-3-5-7-10)19-13-12(18(2)14(19)20)16-8-11(15)17-13/h3-9H,1-2H3/t9-/m0/s1. The van der Waals surface area contributed by atoms with Gasteiger partial charge in [-0.2, -0.15) is 0 Å². The van der Waals surface area contributed by atoms with Crippen LogP contribution in [-0.2, 0) is 7.05 Å². The summed E-state index contributed by atoms with van der Waals surface area (Å²) in [4.78, 5) is 21.1. The third kappa shape index (κ3) is 1.96. The first kappa shape index (κ1) is 13.1. The lowest BCUT2D eigenvalue weighted by atomic mass is 10.1. The summed E-state index contributed by atoms with van der Waals surface area (Å²) >= 11 is 3.31. The van der Waals surface area contributed by atoms with Gasteiger partial charge in [0.25, 0.3) is 0 Å². The Balaban J connectivity index is 2.28. The molecule has 0 aliphatic heterocycles. The Labute approximate surface area is 124 Å². The summed E-state index contributed by atoms with van der Waals surface area (Å²) in [5.74, 6) is 0. The Kier molecular flexibility index (Phi) is 3.17. The molecule has 0 radical (unpaired) electrons. The molecule has 0 unspecified atom stereocenters. The van der Waals surface area contributed by atoms with E-state index in [1.807, 2.05) is 37.3 Å². The van der Waals surface area contributed by atoms with Gasteiger partial charge in [0.05, 0.1) is 12.2 Å². The number of benzene rings is 1. The van der Waals surface area contributed by atoms with Gasteiger partial charge in [-0.25, -0.2) is 14.8 Å². The van der Waals surface area contributed by atoms with Gasteiger partial charge >= 0.3 is 5.69 Å². The van der Waals surface area contributed by atoms with Crippen LogP contribution in [0.1, 0.15) is 18.5 Å². The van der Waals surface area contributed by atoms with Crippen molar-refractivity contribution in [2.75, 3.05) is 0 Å². The number of nitrogens with zero attached hydrogens (tertiary/aromatic N) is 4. The summed E-state index contributed by atoms with van der Waals surface area (Å²) in [7, 11) is 1.71. The van der Waals surface area contributed by atoms with Crippen LogP contribution in [0.4, 0.5) is 0 Å². The molecular formula is C14H13BrN4O. The number of halogens is 1. The quantitative estimate of drug-likeness (QED) is 0.724. The topological polar surface area (TPSA) is 52.7 Å². The second-order valence-electron chi connectivity index (χ2n) is 4.64. The Morgan fingerprint density at radius 3 is 2.60 bits per heavy atom. The maximum atomic E-state index is 12.4. The predicted molar refractivity (Wildman–Crippen MR) is 80.7 cm³/mol. The molecule has 1 atom stereocenters. The molecule has 3 rings (SSSR count). The van der Waals surface area contributed by atoms with Gasteiger partial charge in [-0.3, -0.25) is 9.13 Å². The van der Waals surface area contributed by atoms with Gasteiger partial charge in [0.15, 0.2) is 11.3 Å². The number of rotatable bonds is 2. The molecule has 0 saturated heterocycles. The third-order valence-corrected chi connectivity index (χ3v) is 3.80. The van der Waals surface area contributed by atoms with Crippen LogP contribution in [0.3, 0.4) is 0 Å². The van der Waals surface area contributed by atoms with Crippen LogP contribution in [0.5, 0.6) is 0 Å². The molecule has 20 heavy (non-hydrogen) atoms. The van der Waals surface area contributed by atoms with Gasteiger partial charge in [0.2, 0.25) is 0 Å². The number of aromatic nitrogens is 4. The zero-order valence-corrected chi connectivity index (χ0v) is 12.7. The van der Waals surface area contributed by atoms with Crippen molar-refractivity contribution in [1.82, 2.24) is 19.1 Å². The number of aryl methyl sites for hydroxylation is 1. The van der Waals surface area contributed by atoms with Crippen molar-refractivity contribution in [2.45, 2.75) is 13.0 Å². The highest BCUT2D eigenvalue weighted by Gasteiger charge is 2.19. The van der Waals surface area contributed by atoms with E-state index in [4.69, 9.17) is 0 Å². The molecule has 0 bridgehead atoms. The van der Waals surface area contributed by atoms with Crippen molar-refractivity contribution in [1.29, 1.82) is 0 Å². The van der Waals surface area contributed by atoms with Crippen molar-refractivity contribution in [3.8, 4) is 0 Å². The van der Waals surface area contributed by atoms with E-state index < -0.39 is 0 Å². The predicted octanol–water partition coefficient (Wildman–Crippen LogP) is 2.50. The summed E-state index contributed by atoms with van der Waals surface area (Å²) in [6.07, 6.45) is 1.60. The van der Waals surface area contributed by atoms with Crippen LogP contribution >= 0.6 is 15.9 Å². The molecule has 1 aromatic carbocycles. The van der Waals surface area contributed by atoms with Crippen LogP contribution in [0.25, 0.3) is 11.3 Å². The number of imidazole rings is 1. The Morgan fingerprint density at radius 2 is 1.90 bits per heavy atom. The van der Waals surface area contributed by atoms with Crippen molar-refractivity contribution in [3.05, 3.63) is 57.2 Å². The first-order chi connectivity index (χ1) is 9.59. The molecule has 3 aromatic rings. The molecule has 2 aromatic heterocycles. The normalized spacial score (nSPS) is 12.8. The molecule has 0 aliphatic rings. The number of hydrogen-bond acceptors (Lipinski definition) is 3. The average Bonchev–Trinajstić information content (AvgIpc) is 2.71. The van der Waals surface area contributed by atoms with E-state index in [2.05, 4.69) is 25.9 Å². The molecule has 0 saturated carbocycles. The van der Waals surface area contributed by atoms with Crippen molar-refractivity contribution in [3.63, 3.8) is 0 Å². The molecule has 0 fully saturated rings. The third-order valence-electron chi connectivity index (χ3n) is 3.41. The van der Waals surface area contributed by atoms with Crippen molar-refractivity contribution in [2.24, 2.45) is 7.05 Å². The van der Waals surface area contributed by atoms with E-state index in [1.54, 1.807) is 17.8 Å². The van der Waals surface area contributed by atoms with Crippen LogP contribution in [0.15, 0.2) is 45.9 Å². The van der Waals surface area contributed by atoms with E-state index in [-0.39, 0.29) is 11.7 Å². The number of fused-ring (bicyclic) bond motifs is 1. The van der Waals surface area contributed by atoms with Gasteiger partial charge in [0.1, 0.15) is 4.60 Å². The second kappa shape index (κ2) is 4.86. The van der Waals surface area contributed by atoms with Gasteiger partial charge < -0.3 is 0 Å². The molecule has 0 amide bonds. The largest absolute Gasteiger partial charge is 0.331 e. The van der Waals surface area contributed by atoms with E-state index in [0.717, 1.165) is 5.56 Å². The SMILES string of the molecule is C[C@@H](c1ccccc1)n1c(=O)n(C)c2ncc(Br)nc21. The van der Waals surface area contributed by atoms with Crippen LogP contribution in [0.2, 0.25) is 0 Å². The summed E-state index contributed by atoms with van der Waals surface area (Å²) in [6, 6.07) is 9.78. The van der Waals surface area contributed by atoms with Gasteiger partial charge in [-0.1, -0.05) is 30.3 Å². The average molecular weight is 333 g/mol. The van der Waals surface area contributed by atoms with Gasteiger partial charge in [-0.05, 0) is 28.4 Å². The van der Waals surface area contributed by atoms with Gasteiger partial charge in [-0.15, -0.1) is 0 Å². The summed E-state index contributed by atoms with van der Waals surface area (Å²) < 4.78 is 3.81. The Morgan fingerprint density at radius 1 is 1.20 bits per heavy atom. The monoisotopic (exact) mass is 332 g/mol. The molecule has 0 aliphatic carbocycles. The lowest BCUT2D eigenvalue weighted by molar-refractivity contribution is 0.612. The van der Waals surface area contributed by atoms with Crippen LogP contribution in [0, 0.1) is 0 Å². The second-order valence-corrected chi connectivity index (χ2v) is 5.45. The molecule has 0 spiro atoms. The molecule has 0 N–H and O–H groups in total. The summed E-state index contributed by atoms with van der Waals surface area (Å²) in [5.41, 5.74) is 2.11. The molecule has 5 nitrogen and oxygen atoms in total. The van der Waals surface area contributed by atoms with Crippen LogP contribution < -0.4 is 5.69 Å². The molecule has 2 heterocycles. The fourth-order valence-electron chi connectivity index (χ4n) is 2.32. The Bertz CT molecular complexity index is 822. The van der Waals surface area contributed by atoms with Crippen LogP contribution in [-0.4, -0.2) is 19.1 Å². The summed E-state index contributed by atoms with van der Waals surface area (Å²) in [6.45, 7) is 1.98. The highest BCUT2D eigenvalue weighted by molar-refractivity contribution is 9.10. The summed E-state index contributed by atoms with van der Waals surface area (Å²) in [5, 5.41) is 0. The fraction of sp³-hybridized carbons (Fsp3) is 0.214. The number of hydrogen-bond donors (Lipinski definition) is 0. The smallest absolute Gasteiger partial charge is 0.278 e. The zero-order valence-electron chi connectivity index (χ0n) is 11.1. The first-order valence-electron chi connectivity index (χ1n) is 6.24. The highest BCUT2D eigenvalue weighted by Crippen LogP contribution is 2.20. The van der Waals surface area contributed by atoms with E-state index in [9.17, 15) is 4.79 Å². The maximum Gasteiger partial charge on any atom is 0.331 e. The van der Waals surface area contributed by atoms with E-state index >= 15 is 0 Å². The minimum atomic E-state index is -0.116. The lowest BCUT2D eigenvalue weighted by Crippen LogP contribution is -2.25. The minimum absolute atomic E-state index is 0.101. The van der Waals surface area contributed by atoms with E-state index in [1.165, 1.54) is 4.57 Å². The molecule has 6 heteroatoms. The minimum Gasteiger partial charge on any atom is -0.278 e. The molecular weight excluding hydrogens is 320 g/mol. The van der Waals surface area contributed by atoms with Crippen molar-refractivity contribution >= 4 is 27.2 Å². The zero-order chi connectivity index (χ0) is 14.3. The first-order valence-corrected chi connectivity index (χ1v) is 7.03. The molecule has 102 valence electrons. The van der Waals surface area contributed by atoms with Crippen molar-refractivity contribution < 1.29 is 0 Å². The fourth-order valence-corrected chi connectivity index (χ4v) is 2.59. The van der Waals surface area contributed by atoms with Gasteiger partial charge in [0, 0.05) is 7.05 Å². The Hall–Kier alpha value is -1.95. The van der Waals surface area contributed by atoms with E-state index in [0.29, 0.717) is 15.9 Å².